The molecule has 0 rings (SSSR count). The summed E-state index contributed by atoms with van der Waals surface area (Å²) < 4.78 is 0. The summed E-state index contributed by atoms with van der Waals surface area (Å²) >= 11 is 0. The Bertz CT molecular complexity index is 121. The van der Waals surface area contributed by atoms with E-state index in [1.807, 2.05) is 0 Å². The third-order valence-corrected chi connectivity index (χ3v) is 5.29. The SMILES string of the molecule is CCCCCCCCCC[SiH2]CCC(C)C. The predicted molar refractivity (Wildman–Crippen MR) is 80.2 cm³/mol. The van der Waals surface area contributed by atoms with Crippen LogP contribution in [0.4, 0.5) is 0 Å². The van der Waals surface area contributed by atoms with Gasteiger partial charge in [-0.05, 0) is 5.92 Å². The van der Waals surface area contributed by atoms with Crippen LogP contribution in [0, 0.1) is 5.92 Å². The van der Waals surface area contributed by atoms with Gasteiger partial charge in [-0.1, -0.05) is 90.6 Å². The van der Waals surface area contributed by atoms with Gasteiger partial charge in [-0.3, -0.25) is 0 Å². The molecule has 0 N–H and O–H groups in total. The van der Waals surface area contributed by atoms with Gasteiger partial charge in [-0.15, -0.1) is 0 Å². The summed E-state index contributed by atoms with van der Waals surface area (Å²) in [5, 5.41) is 0. The predicted octanol–water partition coefficient (Wildman–Crippen LogP) is 5.18. The molecule has 0 aliphatic rings. The van der Waals surface area contributed by atoms with Crippen molar-refractivity contribution >= 4 is 9.52 Å². The first-order valence-corrected chi connectivity index (χ1v) is 9.77. The molecule has 0 heterocycles. The van der Waals surface area contributed by atoms with E-state index >= 15 is 0 Å². The maximum absolute atomic E-state index is 2.35. The van der Waals surface area contributed by atoms with Gasteiger partial charge in [-0.25, -0.2) is 0 Å². The van der Waals surface area contributed by atoms with Crippen LogP contribution in [-0.4, -0.2) is 9.52 Å². The monoisotopic (exact) mass is 242 g/mol. The summed E-state index contributed by atoms with van der Waals surface area (Å²) in [5.74, 6) is 0.936. The van der Waals surface area contributed by atoms with E-state index in [0.29, 0.717) is 9.52 Å². The van der Waals surface area contributed by atoms with Gasteiger partial charge in [0.2, 0.25) is 0 Å². The van der Waals surface area contributed by atoms with E-state index in [1.165, 1.54) is 57.8 Å². The molecule has 0 amide bonds. The van der Waals surface area contributed by atoms with E-state index < -0.39 is 0 Å². The number of unbranched alkanes of at least 4 members (excludes halogenated alkanes) is 7. The highest BCUT2D eigenvalue weighted by Gasteiger charge is 1.95. The second-order valence-corrected chi connectivity index (χ2v) is 7.84. The smallest absolute Gasteiger partial charge is 0.0198 e. The molecule has 0 aliphatic carbocycles. The third kappa shape index (κ3) is 14.2. The maximum Gasteiger partial charge on any atom is 0.0198 e. The maximum atomic E-state index is 2.35. The van der Waals surface area contributed by atoms with E-state index in [0.717, 1.165) is 5.92 Å². The Balaban J connectivity index is 2.88. The molecule has 0 aliphatic heterocycles. The lowest BCUT2D eigenvalue weighted by atomic mass is 10.1. The molecule has 0 aromatic rings. The molecule has 0 nitrogen and oxygen atoms in total. The summed E-state index contributed by atoms with van der Waals surface area (Å²) in [5.41, 5.74) is 0. The van der Waals surface area contributed by atoms with E-state index in [9.17, 15) is 0 Å². The Morgan fingerprint density at radius 2 is 1.31 bits per heavy atom. The Labute approximate surface area is 106 Å². The lowest BCUT2D eigenvalue weighted by molar-refractivity contribution is 0.584. The van der Waals surface area contributed by atoms with Crippen molar-refractivity contribution in [3.05, 3.63) is 0 Å². The molecule has 98 valence electrons. The topological polar surface area (TPSA) is 0 Å². The highest BCUT2D eigenvalue weighted by Crippen LogP contribution is 2.11. The van der Waals surface area contributed by atoms with Crippen molar-refractivity contribution < 1.29 is 0 Å². The minimum absolute atomic E-state index is 0.321. The van der Waals surface area contributed by atoms with Crippen molar-refractivity contribution in [2.24, 2.45) is 5.92 Å². The molecular weight excluding hydrogens is 208 g/mol. The molecule has 0 saturated heterocycles. The van der Waals surface area contributed by atoms with Crippen molar-refractivity contribution in [3.63, 3.8) is 0 Å². The van der Waals surface area contributed by atoms with Gasteiger partial charge < -0.3 is 0 Å². The van der Waals surface area contributed by atoms with Crippen LogP contribution in [0.25, 0.3) is 0 Å². The van der Waals surface area contributed by atoms with Gasteiger partial charge in [-0.2, -0.15) is 0 Å². The molecule has 0 atom stereocenters. The van der Waals surface area contributed by atoms with Crippen molar-refractivity contribution in [2.75, 3.05) is 0 Å². The number of rotatable bonds is 12. The van der Waals surface area contributed by atoms with Crippen LogP contribution in [0.3, 0.4) is 0 Å². The second-order valence-electron chi connectivity index (χ2n) is 5.72. The summed E-state index contributed by atoms with van der Waals surface area (Å²) in [6, 6.07) is 3.20. The second kappa shape index (κ2) is 13.3. The van der Waals surface area contributed by atoms with Gasteiger partial charge in [0, 0.05) is 9.52 Å². The summed E-state index contributed by atoms with van der Waals surface area (Å²) in [4.78, 5) is 0. The van der Waals surface area contributed by atoms with Gasteiger partial charge >= 0.3 is 0 Å². The normalized spacial score (nSPS) is 12.0. The largest absolute Gasteiger partial charge is 0.0654 e. The van der Waals surface area contributed by atoms with Crippen molar-refractivity contribution in [3.8, 4) is 0 Å². The van der Waals surface area contributed by atoms with Gasteiger partial charge in [0.15, 0.2) is 0 Å². The van der Waals surface area contributed by atoms with Crippen LogP contribution in [0.2, 0.25) is 12.1 Å². The molecule has 0 saturated carbocycles. The van der Waals surface area contributed by atoms with Crippen LogP contribution >= 0.6 is 0 Å². The number of hydrogen-bond acceptors (Lipinski definition) is 0. The molecule has 1 heteroatoms. The quantitative estimate of drug-likeness (QED) is 0.327. The zero-order valence-corrected chi connectivity index (χ0v) is 13.5. The van der Waals surface area contributed by atoms with Crippen LogP contribution in [0.5, 0.6) is 0 Å². The fourth-order valence-electron chi connectivity index (χ4n) is 2.22. The van der Waals surface area contributed by atoms with E-state index in [-0.39, 0.29) is 0 Å². The average molecular weight is 243 g/mol. The zero-order chi connectivity index (χ0) is 12.1. The molecule has 0 bridgehead atoms. The third-order valence-electron chi connectivity index (χ3n) is 3.39. The molecule has 0 fully saturated rings. The molecule has 0 aromatic heterocycles. The van der Waals surface area contributed by atoms with E-state index in [2.05, 4.69) is 20.8 Å². The summed E-state index contributed by atoms with van der Waals surface area (Å²) in [6.45, 7) is 7.00. The molecular formula is C15H34Si. The summed E-state index contributed by atoms with van der Waals surface area (Å²) in [7, 11) is 0.321. The van der Waals surface area contributed by atoms with Crippen molar-refractivity contribution in [1.29, 1.82) is 0 Å². The number of hydrogen-bond donors (Lipinski definition) is 0. The Morgan fingerprint density at radius 3 is 1.88 bits per heavy atom. The van der Waals surface area contributed by atoms with Crippen molar-refractivity contribution in [1.82, 2.24) is 0 Å². The highest BCUT2D eigenvalue weighted by molar-refractivity contribution is 6.35. The van der Waals surface area contributed by atoms with Crippen LogP contribution in [-0.2, 0) is 0 Å². The fourth-order valence-corrected chi connectivity index (χ4v) is 4.38. The average Bonchev–Trinajstić information content (AvgIpc) is 2.25. The molecule has 0 radical (unpaired) electrons. The lowest BCUT2D eigenvalue weighted by Gasteiger charge is -2.04. The van der Waals surface area contributed by atoms with Crippen molar-refractivity contribution in [2.45, 2.75) is 90.6 Å². The van der Waals surface area contributed by atoms with Crippen LogP contribution in [0.1, 0.15) is 78.6 Å². The van der Waals surface area contributed by atoms with Crippen LogP contribution < -0.4 is 0 Å². The molecule has 0 unspecified atom stereocenters. The fraction of sp³-hybridized carbons (Fsp3) is 1.00. The molecule has 0 aromatic carbocycles. The highest BCUT2D eigenvalue weighted by atomic mass is 28.2. The molecule has 0 spiro atoms. The van der Waals surface area contributed by atoms with Gasteiger partial charge in [0.1, 0.15) is 0 Å². The lowest BCUT2D eigenvalue weighted by Crippen LogP contribution is -1.93. The standard InChI is InChI=1S/C15H34Si/c1-4-5-6-7-8-9-10-11-13-16-14-12-15(2)3/h15H,4-14,16H2,1-3H3. The van der Waals surface area contributed by atoms with Gasteiger partial charge in [0.25, 0.3) is 0 Å². The zero-order valence-electron chi connectivity index (χ0n) is 12.1. The Hall–Kier alpha value is 0.217. The first-order valence-electron chi connectivity index (χ1n) is 7.77. The summed E-state index contributed by atoms with van der Waals surface area (Å²) in [6.07, 6.45) is 13.3. The van der Waals surface area contributed by atoms with Gasteiger partial charge in [0.05, 0.1) is 0 Å². The van der Waals surface area contributed by atoms with E-state index in [4.69, 9.17) is 0 Å². The van der Waals surface area contributed by atoms with Crippen LogP contribution in [0.15, 0.2) is 0 Å². The first kappa shape index (κ1) is 16.2. The first-order chi connectivity index (χ1) is 7.77. The Kier molecular flexibility index (Phi) is 13.5. The Morgan fingerprint density at radius 1 is 0.750 bits per heavy atom. The molecule has 16 heavy (non-hydrogen) atoms. The van der Waals surface area contributed by atoms with E-state index in [1.54, 1.807) is 12.1 Å². The minimum atomic E-state index is 0.321. The minimum Gasteiger partial charge on any atom is -0.0654 e.